The van der Waals surface area contributed by atoms with Gasteiger partial charge in [-0.15, -0.1) is 0 Å². The molecule has 0 spiro atoms. The van der Waals surface area contributed by atoms with Gasteiger partial charge >= 0.3 is 0 Å². The summed E-state index contributed by atoms with van der Waals surface area (Å²) in [6.07, 6.45) is -1.01. The van der Waals surface area contributed by atoms with Crippen molar-refractivity contribution in [1.29, 1.82) is 0 Å². The van der Waals surface area contributed by atoms with Gasteiger partial charge < -0.3 is 24.1 Å². The van der Waals surface area contributed by atoms with Crippen LogP contribution in [0.4, 0.5) is 0 Å². The minimum absolute atomic E-state index is 0.200. The largest absolute Gasteiger partial charge is 0.508 e. The second-order valence-corrected chi connectivity index (χ2v) is 8.13. The second kappa shape index (κ2) is 8.81. The number of phenols is 1. The number of aromatic hydroxyl groups is 1. The Balaban J connectivity index is 1.35. The Morgan fingerprint density at radius 1 is 0.839 bits per heavy atom. The first-order valence-corrected chi connectivity index (χ1v) is 10.6. The fourth-order valence-corrected chi connectivity index (χ4v) is 4.42. The van der Waals surface area contributed by atoms with Crippen molar-refractivity contribution in [3.63, 3.8) is 0 Å². The van der Waals surface area contributed by atoms with Crippen molar-refractivity contribution in [3.05, 3.63) is 102 Å². The lowest BCUT2D eigenvalue weighted by atomic mass is 9.97. The van der Waals surface area contributed by atoms with Crippen LogP contribution in [0.5, 0.6) is 5.75 Å². The van der Waals surface area contributed by atoms with Gasteiger partial charge in [-0.2, -0.15) is 0 Å². The van der Waals surface area contributed by atoms with E-state index in [1.807, 2.05) is 72.8 Å². The molecule has 1 unspecified atom stereocenters. The summed E-state index contributed by atoms with van der Waals surface area (Å²) in [6.45, 7) is 1.70. The van der Waals surface area contributed by atoms with Crippen LogP contribution in [-0.4, -0.2) is 36.1 Å². The van der Waals surface area contributed by atoms with E-state index in [1.54, 1.807) is 12.1 Å². The maximum Gasteiger partial charge on any atom is 0.144 e. The molecule has 3 aromatic rings. The summed E-state index contributed by atoms with van der Waals surface area (Å²) in [5.41, 5.74) is 2.19. The van der Waals surface area contributed by atoms with Crippen molar-refractivity contribution < 1.29 is 24.1 Å². The van der Waals surface area contributed by atoms with Crippen LogP contribution < -0.4 is 0 Å². The average Bonchev–Trinajstić information content (AvgIpc) is 3.31. The van der Waals surface area contributed by atoms with Crippen molar-refractivity contribution in [1.82, 2.24) is 0 Å². The molecule has 0 aromatic heterocycles. The van der Waals surface area contributed by atoms with Crippen molar-refractivity contribution in [3.8, 4) is 5.75 Å². The Morgan fingerprint density at radius 3 is 2.19 bits per heavy atom. The Kier molecular flexibility index (Phi) is 5.74. The fraction of sp³-hybridized carbons (Fsp3) is 0.308. The van der Waals surface area contributed by atoms with Gasteiger partial charge in [-0.25, -0.2) is 0 Å². The van der Waals surface area contributed by atoms with E-state index in [0.717, 1.165) is 11.1 Å². The van der Waals surface area contributed by atoms with E-state index in [9.17, 15) is 5.11 Å². The Bertz CT molecular complexity index is 993. The highest BCUT2D eigenvalue weighted by molar-refractivity contribution is 5.36. The molecule has 2 saturated heterocycles. The Labute approximate surface area is 182 Å². The van der Waals surface area contributed by atoms with Crippen LogP contribution in [-0.2, 0) is 32.2 Å². The lowest BCUT2D eigenvalue weighted by Gasteiger charge is -2.31. The standard InChI is InChI=1S/C26H26O5/c27-22-14-8-7-13-21(22)23-24-25(29-16-20-11-5-2-6-12-20)26(31-23,18-30-24)17-28-15-19-9-3-1-4-10-19/h1-14,23-25,27H,15-18H2/t23?,24-,25-,26-/m0/s1. The smallest absolute Gasteiger partial charge is 0.144 e. The molecule has 160 valence electrons. The third-order valence-electron chi connectivity index (χ3n) is 5.97. The maximum absolute atomic E-state index is 10.4. The molecule has 5 rings (SSSR count). The Hall–Kier alpha value is -2.70. The van der Waals surface area contributed by atoms with Crippen LogP contribution in [0.3, 0.4) is 0 Å². The number of fused-ring (bicyclic) bond motifs is 2. The summed E-state index contributed by atoms with van der Waals surface area (Å²) in [6, 6.07) is 27.4. The molecule has 2 bridgehead atoms. The summed E-state index contributed by atoms with van der Waals surface area (Å²) >= 11 is 0. The molecule has 2 aliphatic heterocycles. The summed E-state index contributed by atoms with van der Waals surface area (Å²) < 4.78 is 25.1. The third kappa shape index (κ3) is 4.10. The van der Waals surface area contributed by atoms with Crippen LogP contribution in [0.1, 0.15) is 22.8 Å². The number of para-hydroxylation sites is 1. The number of benzene rings is 3. The van der Waals surface area contributed by atoms with Crippen molar-refractivity contribution in [2.24, 2.45) is 0 Å². The van der Waals surface area contributed by atoms with Gasteiger partial charge in [-0.1, -0.05) is 78.9 Å². The van der Waals surface area contributed by atoms with Gasteiger partial charge in [0.1, 0.15) is 29.7 Å². The van der Waals surface area contributed by atoms with E-state index in [4.69, 9.17) is 18.9 Å². The highest BCUT2D eigenvalue weighted by Gasteiger charge is 2.63. The molecular weight excluding hydrogens is 392 g/mol. The van der Waals surface area contributed by atoms with Gasteiger partial charge in [-0.3, -0.25) is 0 Å². The van der Waals surface area contributed by atoms with E-state index in [-0.39, 0.29) is 18.0 Å². The predicted octanol–water partition coefficient (Wildman–Crippen LogP) is 4.40. The quantitative estimate of drug-likeness (QED) is 0.588. The molecular formula is C26H26O5. The third-order valence-corrected chi connectivity index (χ3v) is 5.97. The van der Waals surface area contributed by atoms with Crippen LogP contribution in [0.15, 0.2) is 84.9 Å². The number of hydrogen-bond acceptors (Lipinski definition) is 5. The van der Waals surface area contributed by atoms with Crippen molar-refractivity contribution >= 4 is 0 Å². The predicted molar refractivity (Wildman–Crippen MR) is 116 cm³/mol. The van der Waals surface area contributed by atoms with Crippen LogP contribution in [0.25, 0.3) is 0 Å². The summed E-state index contributed by atoms with van der Waals surface area (Å²) in [5, 5.41) is 10.4. The molecule has 1 N–H and O–H groups in total. The summed E-state index contributed by atoms with van der Waals surface area (Å²) in [7, 11) is 0. The fourth-order valence-electron chi connectivity index (χ4n) is 4.42. The zero-order chi connectivity index (χ0) is 21.1. The molecule has 0 aliphatic carbocycles. The molecule has 5 nitrogen and oxygen atoms in total. The lowest BCUT2D eigenvalue weighted by Crippen LogP contribution is -2.46. The van der Waals surface area contributed by atoms with Crippen molar-refractivity contribution in [2.45, 2.75) is 37.1 Å². The van der Waals surface area contributed by atoms with Gasteiger partial charge in [0.05, 0.1) is 26.4 Å². The first-order valence-electron chi connectivity index (χ1n) is 10.6. The number of ether oxygens (including phenoxy) is 4. The van der Waals surface area contributed by atoms with Crippen molar-refractivity contribution in [2.75, 3.05) is 13.2 Å². The molecule has 3 aromatic carbocycles. The van der Waals surface area contributed by atoms with Gasteiger partial charge in [-0.05, 0) is 17.2 Å². The van der Waals surface area contributed by atoms with Gasteiger partial charge in [0.2, 0.25) is 0 Å². The first kappa shape index (κ1) is 20.2. The highest BCUT2D eigenvalue weighted by Crippen LogP contribution is 2.50. The topological polar surface area (TPSA) is 57.2 Å². The number of hydrogen-bond donors (Lipinski definition) is 1. The van der Waals surface area contributed by atoms with E-state index < -0.39 is 11.7 Å². The minimum Gasteiger partial charge on any atom is -0.508 e. The van der Waals surface area contributed by atoms with Gasteiger partial charge in [0, 0.05) is 5.56 Å². The monoisotopic (exact) mass is 418 g/mol. The van der Waals surface area contributed by atoms with Gasteiger partial charge in [0.15, 0.2) is 0 Å². The van der Waals surface area contributed by atoms with E-state index >= 15 is 0 Å². The Morgan fingerprint density at radius 2 is 1.48 bits per heavy atom. The van der Waals surface area contributed by atoms with E-state index in [0.29, 0.717) is 32.0 Å². The second-order valence-electron chi connectivity index (χ2n) is 8.13. The minimum atomic E-state index is -0.721. The van der Waals surface area contributed by atoms with Crippen LogP contribution >= 0.6 is 0 Å². The molecule has 0 amide bonds. The normalized spacial score (nSPS) is 26.9. The molecule has 4 atom stereocenters. The number of phenolic OH excluding ortho intramolecular Hbond substituents is 1. The van der Waals surface area contributed by atoms with Crippen LogP contribution in [0, 0.1) is 0 Å². The van der Waals surface area contributed by atoms with E-state index in [1.165, 1.54) is 0 Å². The summed E-state index contributed by atoms with van der Waals surface area (Å²) in [4.78, 5) is 0. The molecule has 5 heteroatoms. The van der Waals surface area contributed by atoms with Gasteiger partial charge in [0.25, 0.3) is 0 Å². The average molecular weight is 418 g/mol. The SMILES string of the molecule is Oc1ccccc1C1O[C@@]2(COCc3ccccc3)CO[C@@H]1[C@@H]2OCc1ccccc1. The summed E-state index contributed by atoms with van der Waals surface area (Å²) in [5.74, 6) is 0.200. The number of rotatable bonds is 8. The van der Waals surface area contributed by atoms with Crippen LogP contribution in [0.2, 0.25) is 0 Å². The first-order chi connectivity index (χ1) is 15.3. The zero-order valence-electron chi connectivity index (χ0n) is 17.2. The molecule has 2 heterocycles. The lowest BCUT2D eigenvalue weighted by molar-refractivity contribution is -0.176. The maximum atomic E-state index is 10.4. The zero-order valence-corrected chi connectivity index (χ0v) is 17.2. The molecule has 0 radical (unpaired) electrons. The van der Waals surface area contributed by atoms with E-state index in [2.05, 4.69) is 0 Å². The molecule has 2 fully saturated rings. The highest BCUT2D eigenvalue weighted by atomic mass is 16.7. The molecule has 2 aliphatic rings. The molecule has 0 saturated carbocycles. The molecule has 31 heavy (non-hydrogen) atoms.